The molecule has 1 aromatic carbocycles. The predicted octanol–water partition coefficient (Wildman–Crippen LogP) is 2.87. The summed E-state index contributed by atoms with van der Waals surface area (Å²) in [6, 6.07) is 6.09. The quantitative estimate of drug-likeness (QED) is 0.693. The smallest absolute Gasteiger partial charge is 0.246 e. The van der Waals surface area contributed by atoms with Crippen LogP contribution in [0.5, 0.6) is 0 Å². The third-order valence-electron chi connectivity index (χ3n) is 3.23. The largest absolute Gasteiger partial charge is 0.337 e. The Kier molecular flexibility index (Phi) is 3.44. The topological polar surface area (TPSA) is 56.7 Å². The second-order valence-corrected chi connectivity index (χ2v) is 5.11. The van der Waals surface area contributed by atoms with Crippen LogP contribution >= 0.6 is 11.6 Å². The molecular formula is C14H15ClN4O. The lowest BCUT2D eigenvalue weighted by atomic mass is 10.2. The third-order valence-corrected chi connectivity index (χ3v) is 3.42. The zero-order chi connectivity index (χ0) is 14.1. The van der Waals surface area contributed by atoms with E-state index in [-0.39, 0.29) is 0 Å². The summed E-state index contributed by atoms with van der Waals surface area (Å²) in [6.07, 6.45) is 0.711. The van der Waals surface area contributed by atoms with Crippen molar-refractivity contribution in [2.24, 2.45) is 0 Å². The fourth-order valence-electron chi connectivity index (χ4n) is 2.40. The van der Waals surface area contributed by atoms with Crippen molar-refractivity contribution >= 4 is 22.6 Å². The average Bonchev–Trinajstić information content (AvgIpc) is 2.96. The van der Waals surface area contributed by atoms with E-state index < -0.39 is 0 Å². The maximum Gasteiger partial charge on any atom is 0.246 e. The van der Waals surface area contributed by atoms with Gasteiger partial charge in [0, 0.05) is 12.3 Å². The Bertz CT molecular complexity index is 747. The number of benzene rings is 1. The van der Waals surface area contributed by atoms with Gasteiger partial charge in [-0.2, -0.15) is 4.98 Å². The SMILES string of the molecule is Cc1noc(Cn2c(CCCl)nc3cccc(C)c32)n1. The van der Waals surface area contributed by atoms with Crippen LogP contribution < -0.4 is 0 Å². The van der Waals surface area contributed by atoms with Crippen LogP contribution in [-0.2, 0) is 13.0 Å². The summed E-state index contributed by atoms with van der Waals surface area (Å²) in [5, 5.41) is 3.83. The summed E-state index contributed by atoms with van der Waals surface area (Å²) in [7, 11) is 0. The van der Waals surface area contributed by atoms with Crippen LogP contribution in [0, 0.1) is 13.8 Å². The Balaban J connectivity index is 2.12. The molecule has 0 saturated heterocycles. The number of nitrogens with zero attached hydrogens (tertiary/aromatic N) is 4. The number of aryl methyl sites for hydroxylation is 3. The van der Waals surface area contributed by atoms with Gasteiger partial charge in [-0.05, 0) is 25.5 Å². The first-order chi connectivity index (χ1) is 9.69. The van der Waals surface area contributed by atoms with Gasteiger partial charge in [0.05, 0.1) is 11.0 Å². The number of alkyl halides is 1. The molecule has 0 aliphatic rings. The predicted molar refractivity (Wildman–Crippen MR) is 77.0 cm³/mol. The van der Waals surface area contributed by atoms with E-state index in [9.17, 15) is 0 Å². The number of rotatable bonds is 4. The molecule has 0 N–H and O–H groups in total. The van der Waals surface area contributed by atoms with Crippen LogP contribution in [0.2, 0.25) is 0 Å². The van der Waals surface area contributed by atoms with Crippen molar-refractivity contribution in [3.8, 4) is 0 Å². The molecule has 5 nitrogen and oxygen atoms in total. The zero-order valence-electron chi connectivity index (χ0n) is 11.4. The van der Waals surface area contributed by atoms with Crippen LogP contribution in [-0.4, -0.2) is 25.6 Å². The lowest BCUT2D eigenvalue weighted by molar-refractivity contribution is 0.367. The number of fused-ring (bicyclic) bond motifs is 1. The van der Waals surface area contributed by atoms with Gasteiger partial charge in [0.15, 0.2) is 5.82 Å². The maximum atomic E-state index is 5.88. The summed E-state index contributed by atoms with van der Waals surface area (Å²) in [4.78, 5) is 8.92. The number of imidazole rings is 1. The Labute approximate surface area is 121 Å². The number of aromatic nitrogens is 4. The van der Waals surface area contributed by atoms with Crippen molar-refractivity contribution in [2.75, 3.05) is 5.88 Å². The highest BCUT2D eigenvalue weighted by Crippen LogP contribution is 2.21. The Morgan fingerprint density at radius 2 is 2.10 bits per heavy atom. The van der Waals surface area contributed by atoms with Crippen LogP contribution in [0.15, 0.2) is 22.7 Å². The number of hydrogen-bond donors (Lipinski definition) is 0. The van der Waals surface area contributed by atoms with Crippen LogP contribution in [0.1, 0.15) is 23.1 Å². The average molecular weight is 291 g/mol. The first-order valence-electron chi connectivity index (χ1n) is 6.49. The molecule has 104 valence electrons. The van der Waals surface area contributed by atoms with E-state index in [1.54, 1.807) is 0 Å². The minimum absolute atomic E-state index is 0.522. The molecule has 0 fully saturated rings. The van der Waals surface area contributed by atoms with Gasteiger partial charge in [0.25, 0.3) is 0 Å². The van der Waals surface area contributed by atoms with E-state index in [0.29, 0.717) is 30.6 Å². The highest BCUT2D eigenvalue weighted by Gasteiger charge is 2.14. The van der Waals surface area contributed by atoms with Crippen molar-refractivity contribution in [1.82, 2.24) is 19.7 Å². The highest BCUT2D eigenvalue weighted by atomic mass is 35.5. The van der Waals surface area contributed by atoms with Crippen molar-refractivity contribution in [2.45, 2.75) is 26.8 Å². The van der Waals surface area contributed by atoms with E-state index >= 15 is 0 Å². The van der Waals surface area contributed by atoms with E-state index in [1.165, 1.54) is 5.56 Å². The molecular weight excluding hydrogens is 276 g/mol. The third kappa shape index (κ3) is 2.29. The summed E-state index contributed by atoms with van der Waals surface area (Å²) in [6.45, 7) is 4.41. The van der Waals surface area contributed by atoms with Crippen LogP contribution in [0.4, 0.5) is 0 Å². The molecule has 3 rings (SSSR count). The second-order valence-electron chi connectivity index (χ2n) is 4.73. The second kappa shape index (κ2) is 5.25. The summed E-state index contributed by atoms with van der Waals surface area (Å²) in [5.41, 5.74) is 3.25. The number of para-hydroxylation sites is 1. The molecule has 0 atom stereocenters. The molecule has 0 spiro atoms. The first kappa shape index (κ1) is 13.1. The summed E-state index contributed by atoms with van der Waals surface area (Å²) in [5.74, 6) is 2.70. The molecule has 3 aromatic rings. The standard InChI is InChI=1S/C14H15ClN4O/c1-9-4-3-5-11-14(9)19(12(17-11)6-7-15)8-13-16-10(2)18-20-13/h3-5H,6-8H2,1-2H3. The Morgan fingerprint density at radius 3 is 2.80 bits per heavy atom. The van der Waals surface area contributed by atoms with Crippen molar-refractivity contribution in [1.29, 1.82) is 0 Å². The number of halogens is 1. The van der Waals surface area contributed by atoms with Gasteiger partial charge in [-0.15, -0.1) is 11.6 Å². The molecule has 0 unspecified atom stereocenters. The Hall–Kier alpha value is -1.88. The van der Waals surface area contributed by atoms with Gasteiger partial charge < -0.3 is 9.09 Å². The molecule has 0 saturated carbocycles. The van der Waals surface area contributed by atoms with Gasteiger partial charge in [0.2, 0.25) is 5.89 Å². The van der Waals surface area contributed by atoms with Gasteiger partial charge >= 0.3 is 0 Å². The molecule has 2 aromatic heterocycles. The van der Waals surface area contributed by atoms with Crippen molar-refractivity contribution < 1.29 is 4.52 Å². The van der Waals surface area contributed by atoms with E-state index in [2.05, 4.69) is 32.7 Å². The van der Waals surface area contributed by atoms with E-state index in [1.807, 2.05) is 19.1 Å². The highest BCUT2D eigenvalue weighted by molar-refractivity contribution is 6.17. The first-order valence-corrected chi connectivity index (χ1v) is 7.02. The monoisotopic (exact) mass is 290 g/mol. The summed E-state index contributed by atoms with van der Waals surface area (Å²) < 4.78 is 7.33. The molecule has 20 heavy (non-hydrogen) atoms. The molecule has 0 amide bonds. The van der Waals surface area contributed by atoms with E-state index in [0.717, 1.165) is 16.9 Å². The lowest BCUT2D eigenvalue weighted by Gasteiger charge is -2.06. The maximum absolute atomic E-state index is 5.88. The summed E-state index contributed by atoms with van der Waals surface area (Å²) >= 11 is 5.88. The normalized spacial score (nSPS) is 11.3. The van der Waals surface area contributed by atoms with Gasteiger partial charge in [-0.3, -0.25) is 0 Å². The fourth-order valence-corrected chi connectivity index (χ4v) is 2.57. The van der Waals surface area contributed by atoms with Crippen LogP contribution in [0.3, 0.4) is 0 Å². The number of hydrogen-bond acceptors (Lipinski definition) is 4. The van der Waals surface area contributed by atoms with Gasteiger partial charge in [-0.1, -0.05) is 17.3 Å². The Morgan fingerprint density at radius 1 is 1.25 bits per heavy atom. The van der Waals surface area contributed by atoms with E-state index in [4.69, 9.17) is 16.1 Å². The minimum Gasteiger partial charge on any atom is -0.337 e. The molecule has 6 heteroatoms. The lowest BCUT2D eigenvalue weighted by Crippen LogP contribution is -2.07. The molecule has 0 aliphatic heterocycles. The van der Waals surface area contributed by atoms with Crippen molar-refractivity contribution in [3.05, 3.63) is 41.3 Å². The molecule has 0 radical (unpaired) electrons. The zero-order valence-corrected chi connectivity index (χ0v) is 12.2. The minimum atomic E-state index is 0.522. The molecule has 2 heterocycles. The molecule has 0 bridgehead atoms. The van der Waals surface area contributed by atoms with Crippen molar-refractivity contribution in [3.63, 3.8) is 0 Å². The van der Waals surface area contributed by atoms with Gasteiger partial charge in [0.1, 0.15) is 12.4 Å². The van der Waals surface area contributed by atoms with Crippen LogP contribution in [0.25, 0.3) is 11.0 Å². The fraction of sp³-hybridized carbons (Fsp3) is 0.357. The van der Waals surface area contributed by atoms with Gasteiger partial charge in [-0.25, -0.2) is 4.98 Å². The molecule has 0 aliphatic carbocycles.